The van der Waals surface area contributed by atoms with Crippen molar-refractivity contribution in [2.24, 2.45) is 5.92 Å². The summed E-state index contributed by atoms with van der Waals surface area (Å²) in [5.74, 6) is 0.493. The molecule has 22 heavy (non-hydrogen) atoms. The quantitative estimate of drug-likeness (QED) is 0.872. The second-order valence-electron chi connectivity index (χ2n) is 6.58. The van der Waals surface area contributed by atoms with Crippen molar-refractivity contribution in [1.29, 1.82) is 0 Å². The van der Waals surface area contributed by atoms with E-state index in [2.05, 4.69) is 44.9 Å². The molecule has 120 valence electrons. The van der Waals surface area contributed by atoms with Crippen LogP contribution < -0.4 is 15.8 Å². The number of benzene rings is 1. The molecule has 0 atom stereocenters. The highest BCUT2D eigenvalue weighted by Gasteiger charge is 2.25. The lowest BCUT2D eigenvalue weighted by molar-refractivity contribution is -0.123. The maximum atomic E-state index is 11.8. The van der Waals surface area contributed by atoms with Gasteiger partial charge in [0, 0.05) is 25.0 Å². The summed E-state index contributed by atoms with van der Waals surface area (Å²) in [7, 11) is 0. The Hall–Kier alpha value is -1.59. The Kier molecular flexibility index (Phi) is 4.64. The van der Waals surface area contributed by atoms with Crippen molar-refractivity contribution in [2.75, 3.05) is 36.6 Å². The molecule has 2 N–H and O–H groups in total. The molecule has 0 unspecified atom stereocenters. The van der Waals surface area contributed by atoms with Crippen molar-refractivity contribution in [3.63, 3.8) is 0 Å². The van der Waals surface area contributed by atoms with Crippen LogP contribution >= 0.6 is 0 Å². The molecule has 1 fully saturated rings. The summed E-state index contributed by atoms with van der Waals surface area (Å²) < 4.78 is 0. The zero-order chi connectivity index (χ0) is 15.5. The fourth-order valence-electron chi connectivity index (χ4n) is 3.07. The minimum atomic E-state index is 0.142. The maximum Gasteiger partial charge on any atom is 0.149 e. The highest BCUT2D eigenvalue weighted by atomic mass is 16.1. The largest absolute Gasteiger partial charge is 0.365 e. The Bertz CT molecular complexity index is 523. The topological polar surface area (TPSA) is 47.6 Å². The summed E-state index contributed by atoms with van der Waals surface area (Å²) in [6.45, 7) is 7.38. The number of hydrogen-bond acceptors (Lipinski definition) is 5. The van der Waals surface area contributed by atoms with Gasteiger partial charge in [0.25, 0.3) is 0 Å². The number of Topliss-reactive ketones (excluding diaryl/α,β-unsaturated/α-hetero) is 1. The lowest BCUT2D eigenvalue weighted by atomic mass is 10.0. The van der Waals surface area contributed by atoms with Crippen LogP contribution in [0.25, 0.3) is 0 Å². The third-order valence-electron chi connectivity index (χ3n) is 4.57. The molecule has 2 heterocycles. The third-order valence-corrected chi connectivity index (χ3v) is 4.57. The normalized spacial score (nSPS) is 19.3. The van der Waals surface area contributed by atoms with Gasteiger partial charge in [0.15, 0.2) is 0 Å². The molecule has 1 aromatic rings. The number of anilines is 2. The molecular formula is C17H26N4O. The minimum Gasteiger partial charge on any atom is -0.365 e. The van der Waals surface area contributed by atoms with Crippen molar-refractivity contribution in [2.45, 2.75) is 32.7 Å². The zero-order valence-corrected chi connectivity index (χ0v) is 13.5. The summed E-state index contributed by atoms with van der Waals surface area (Å²) in [4.78, 5) is 14.1. The number of fused-ring (bicyclic) bond motifs is 1. The molecule has 2 aliphatic rings. The van der Waals surface area contributed by atoms with Gasteiger partial charge in [-0.3, -0.25) is 14.7 Å². The smallest absolute Gasteiger partial charge is 0.149 e. The van der Waals surface area contributed by atoms with E-state index in [1.54, 1.807) is 0 Å². The van der Waals surface area contributed by atoms with Crippen LogP contribution in [-0.2, 0) is 4.79 Å². The summed E-state index contributed by atoms with van der Waals surface area (Å²) >= 11 is 0. The second kappa shape index (κ2) is 6.67. The van der Waals surface area contributed by atoms with Gasteiger partial charge in [-0.2, -0.15) is 0 Å². The number of nitrogens with one attached hydrogen (secondary N) is 2. The van der Waals surface area contributed by atoms with Crippen LogP contribution in [0, 0.1) is 5.92 Å². The average Bonchev–Trinajstić information content (AvgIpc) is 2.92. The number of hydrazine groups is 1. The van der Waals surface area contributed by atoms with E-state index in [9.17, 15) is 4.79 Å². The van der Waals surface area contributed by atoms with Crippen molar-refractivity contribution in [3.05, 3.63) is 24.3 Å². The first-order valence-electron chi connectivity index (χ1n) is 8.25. The number of para-hydroxylation sites is 2. The molecule has 0 saturated carbocycles. The number of carbonyl (C=O) groups is 1. The van der Waals surface area contributed by atoms with Crippen LogP contribution in [0.4, 0.5) is 11.4 Å². The molecule has 5 heteroatoms. The van der Waals surface area contributed by atoms with Gasteiger partial charge in [0.1, 0.15) is 12.5 Å². The lowest BCUT2D eigenvalue weighted by Gasteiger charge is -2.34. The van der Waals surface area contributed by atoms with Gasteiger partial charge in [0.05, 0.1) is 17.9 Å². The van der Waals surface area contributed by atoms with Gasteiger partial charge in [-0.05, 0) is 25.0 Å². The van der Waals surface area contributed by atoms with Crippen LogP contribution in [0.5, 0.6) is 0 Å². The van der Waals surface area contributed by atoms with Crippen molar-refractivity contribution in [1.82, 2.24) is 10.3 Å². The fourth-order valence-corrected chi connectivity index (χ4v) is 3.07. The van der Waals surface area contributed by atoms with E-state index in [1.807, 2.05) is 13.8 Å². The summed E-state index contributed by atoms with van der Waals surface area (Å²) in [5, 5.41) is 5.60. The second-order valence-corrected chi connectivity index (χ2v) is 6.58. The highest BCUT2D eigenvalue weighted by molar-refractivity contribution is 5.82. The molecule has 2 aliphatic heterocycles. The molecule has 0 bridgehead atoms. The van der Waals surface area contributed by atoms with Gasteiger partial charge in [-0.25, -0.2) is 5.43 Å². The van der Waals surface area contributed by atoms with Gasteiger partial charge in [-0.1, -0.05) is 26.0 Å². The monoisotopic (exact) mass is 302 g/mol. The van der Waals surface area contributed by atoms with E-state index in [-0.39, 0.29) is 5.92 Å². The van der Waals surface area contributed by atoms with E-state index < -0.39 is 0 Å². The molecule has 5 nitrogen and oxygen atoms in total. The van der Waals surface area contributed by atoms with Crippen LogP contribution in [0.2, 0.25) is 0 Å². The van der Waals surface area contributed by atoms with Crippen LogP contribution in [0.3, 0.4) is 0 Å². The van der Waals surface area contributed by atoms with E-state index in [0.29, 0.717) is 18.4 Å². The van der Waals surface area contributed by atoms with Crippen molar-refractivity contribution < 1.29 is 4.79 Å². The Morgan fingerprint density at radius 3 is 2.77 bits per heavy atom. The Balaban J connectivity index is 1.48. The number of rotatable bonds is 5. The molecule has 1 aromatic carbocycles. The average molecular weight is 302 g/mol. The molecule has 1 saturated heterocycles. The first-order valence-corrected chi connectivity index (χ1v) is 8.25. The first kappa shape index (κ1) is 15.3. The fraction of sp³-hybridized carbons (Fsp3) is 0.588. The van der Waals surface area contributed by atoms with Gasteiger partial charge in [0.2, 0.25) is 0 Å². The molecule has 0 aliphatic carbocycles. The molecule has 0 aromatic heterocycles. The third kappa shape index (κ3) is 3.42. The van der Waals surface area contributed by atoms with E-state index in [0.717, 1.165) is 32.6 Å². The van der Waals surface area contributed by atoms with E-state index in [1.165, 1.54) is 11.4 Å². The van der Waals surface area contributed by atoms with Crippen LogP contribution in [-0.4, -0.2) is 43.0 Å². The van der Waals surface area contributed by atoms with Crippen LogP contribution in [0.1, 0.15) is 26.7 Å². The number of ketones is 1. The SMILES string of the molecule is CC(C)C(=O)CN1CCC(NN2CNc3ccccc32)CC1. The van der Waals surface area contributed by atoms with E-state index >= 15 is 0 Å². The molecule has 0 amide bonds. The summed E-state index contributed by atoms with van der Waals surface area (Å²) in [5.41, 5.74) is 6.04. The highest BCUT2D eigenvalue weighted by Crippen LogP contribution is 2.29. The number of carbonyl (C=O) groups excluding carboxylic acids is 1. The maximum absolute atomic E-state index is 11.8. The van der Waals surface area contributed by atoms with Gasteiger partial charge >= 0.3 is 0 Å². The summed E-state index contributed by atoms with van der Waals surface area (Å²) in [6, 6.07) is 8.86. The van der Waals surface area contributed by atoms with Gasteiger partial charge < -0.3 is 5.32 Å². The number of likely N-dealkylation sites (tertiary alicyclic amines) is 1. The zero-order valence-electron chi connectivity index (χ0n) is 13.5. The summed E-state index contributed by atoms with van der Waals surface area (Å²) in [6.07, 6.45) is 2.17. The standard InChI is InChI=1S/C17H26N4O/c1-13(2)17(22)11-20-9-7-14(8-10-20)19-21-12-18-15-5-3-4-6-16(15)21/h3-6,13-14,18-19H,7-12H2,1-2H3. The number of hydrogen-bond donors (Lipinski definition) is 2. The first-order chi connectivity index (χ1) is 10.6. The van der Waals surface area contributed by atoms with Gasteiger partial charge in [-0.15, -0.1) is 0 Å². The Labute approximate surface area is 132 Å². The van der Waals surface area contributed by atoms with Crippen molar-refractivity contribution >= 4 is 17.2 Å². The molecule has 3 rings (SSSR count). The predicted molar refractivity (Wildman–Crippen MR) is 89.9 cm³/mol. The minimum absolute atomic E-state index is 0.142. The lowest BCUT2D eigenvalue weighted by Crippen LogP contribution is -2.50. The Morgan fingerprint density at radius 1 is 1.32 bits per heavy atom. The van der Waals surface area contributed by atoms with E-state index in [4.69, 9.17) is 0 Å². The Morgan fingerprint density at radius 2 is 2.05 bits per heavy atom. The van der Waals surface area contributed by atoms with Crippen LogP contribution in [0.15, 0.2) is 24.3 Å². The molecule has 0 radical (unpaired) electrons. The number of nitrogens with zero attached hydrogens (tertiary/aromatic N) is 2. The molecular weight excluding hydrogens is 276 g/mol. The number of piperidine rings is 1. The van der Waals surface area contributed by atoms with Crippen molar-refractivity contribution in [3.8, 4) is 0 Å². The predicted octanol–water partition coefficient (Wildman–Crippen LogP) is 2.07. The molecule has 0 spiro atoms.